The maximum atomic E-state index is 12.4. The van der Waals surface area contributed by atoms with Crippen LogP contribution in [0.4, 0.5) is 0 Å². The van der Waals surface area contributed by atoms with Crippen LogP contribution < -0.4 is 16.1 Å². The van der Waals surface area contributed by atoms with Crippen molar-refractivity contribution in [2.45, 2.75) is 56.1 Å². The van der Waals surface area contributed by atoms with Gasteiger partial charge in [0.1, 0.15) is 19.8 Å². The van der Waals surface area contributed by atoms with Gasteiger partial charge in [-0.3, -0.25) is 18.9 Å². The largest absolute Gasteiger partial charge is 0.778 e. The Kier molecular flexibility index (Phi) is 6.12. The molecule has 7 atom stereocenters. The zero-order valence-electron chi connectivity index (χ0n) is 15.9. The summed E-state index contributed by atoms with van der Waals surface area (Å²) in [5.74, 6) is -0.672. The first kappa shape index (κ1) is 22.6. The fraction of sp³-hybridized carbons (Fsp3) is 0.733. The van der Waals surface area contributed by atoms with E-state index in [0.717, 1.165) is 10.6 Å². The van der Waals surface area contributed by atoms with Crippen molar-refractivity contribution in [3.8, 4) is 0 Å². The van der Waals surface area contributed by atoms with Gasteiger partial charge in [-0.25, -0.2) is 4.79 Å². The molecule has 2 fully saturated rings. The van der Waals surface area contributed by atoms with Crippen LogP contribution in [0, 0.1) is 5.92 Å². The van der Waals surface area contributed by atoms with Crippen molar-refractivity contribution in [2.75, 3.05) is 7.11 Å². The number of aromatic amines is 1. The van der Waals surface area contributed by atoms with E-state index in [1.54, 1.807) is 0 Å². The van der Waals surface area contributed by atoms with Crippen LogP contribution in [0.1, 0.15) is 26.5 Å². The van der Waals surface area contributed by atoms with Gasteiger partial charge in [-0.15, -0.1) is 0 Å². The standard InChI is InChI=1S/C15H24N2O10P2/c1-7(2)29(23,24)27-12-11(8-6-9(8)28(20,21)22)26-14(13(12)25-3)17-5-4-10(18)16-15(17)19/h4-5,7-9,11-14H,6H2,1-3H3,(H,23,24)(H,16,18,19)(H2,20,21,22)/p-1/t8?,9?,11-,12+,13+,14-/m1/s1. The smallest absolute Gasteiger partial charge is 0.330 e. The molecule has 14 heteroatoms. The third kappa shape index (κ3) is 4.50. The lowest BCUT2D eigenvalue weighted by Gasteiger charge is -2.34. The molecule has 0 spiro atoms. The van der Waals surface area contributed by atoms with Crippen LogP contribution >= 0.6 is 15.2 Å². The number of hydrogen-bond donors (Lipinski definition) is 3. The van der Waals surface area contributed by atoms with Crippen LogP contribution in [0.2, 0.25) is 0 Å². The molecule has 12 nitrogen and oxygen atoms in total. The zero-order chi connectivity index (χ0) is 21.7. The third-order valence-corrected chi connectivity index (χ3v) is 8.44. The van der Waals surface area contributed by atoms with Gasteiger partial charge in [-0.2, -0.15) is 0 Å². The van der Waals surface area contributed by atoms with Crippen LogP contribution in [0.3, 0.4) is 0 Å². The number of hydrogen-bond acceptors (Lipinski definition) is 8. The van der Waals surface area contributed by atoms with Gasteiger partial charge in [0.25, 0.3) is 5.56 Å². The molecule has 2 heterocycles. The summed E-state index contributed by atoms with van der Waals surface area (Å²) < 4.78 is 41.6. The number of nitrogens with zero attached hydrogens (tertiary/aromatic N) is 1. The van der Waals surface area contributed by atoms with Gasteiger partial charge in [0.2, 0.25) is 0 Å². The van der Waals surface area contributed by atoms with Gasteiger partial charge in [-0.1, -0.05) is 13.8 Å². The minimum absolute atomic E-state index is 0.114. The third-order valence-electron chi connectivity index (χ3n) is 5.18. The summed E-state index contributed by atoms with van der Waals surface area (Å²) in [6.45, 7) is 2.86. The summed E-state index contributed by atoms with van der Waals surface area (Å²) in [4.78, 5) is 56.9. The normalized spacial score (nSPS) is 34.3. The number of H-pyrrole nitrogens is 1. The van der Waals surface area contributed by atoms with Crippen LogP contribution in [0.25, 0.3) is 0 Å². The van der Waals surface area contributed by atoms with E-state index >= 15 is 0 Å². The number of nitrogens with one attached hydrogen (secondary N) is 1. The maximum absolute atomic E-state index is 12.4. The van der Waals surface area contributed by atoms with Crippen molar-refractivity contribution < 1.29 is 37.8 Å². The second-order valence-electron chi connectivity index (χ2n) is 7.47. The molecule has 3 rings (SSSR count). The average molecular weight is 453 g/mol. The second-order valence-corrected chi connectivity index (χ2v) is 11.6. The molecule has 3 N–H and O–H groups in total. The first-order valence-electron chi connectivity index (χ1n) is 8.91. The van der Waals surface area contributed by atoms with E-state index in [-0.39, 0.29) is 6.42 Å². The molecular formula is C15H23N2O10P2-. The highest BCUT2D eigenvalue weighted by Crippen LogP contribution is 2.62. The van der Waals surface area contributed by atoms with Crippen molar-refractivity contribution in [1.29, 1.82) is 0 Å². The van der Waals surface area contributed by atoms with Gasteiger partial charge in [-0.05, 0) is 6.42 Å². The second kappa shape index (κ2) is 7.86. The first-order valence-corrected chi connectivity index (χ1v) is 12.2. The van der Waals surface area contributed by atoms with Gasteiger partial charge < -0.3 is 33.2 Å². The molecule has 1 saturated carbocycles. The summed E-state index contributed by atoms with van der Waals surface area (Å²) in [7, 11) is -7.50. The summed E-state index contributed by atoms with van der Waals surface area (Å²) >= 11 is 0. The van der Waals surface area contributed by atoms with E-state index in [0.29, 0.717) is 0 Å². The zero-order valence-corrected chi connectivity index (χ0v) is 17.7. The first-order chi connectivity index (χ1) is 13.4. The Bertz CT molecular complexity index is 968. The molecule has 0 amide bonds. The molecule has 29 heavy (non-hydrogen) atoms. The van der Waals surface area contributed by atoms with Gasteiger partial charge in [0, 0.05) is 30.9 Å². The van der Waals surface area contributed by atoms with Crippen molar-refractivity contribution in [3.63, 3.8) is 0 Å². The Balaban J connectivity index is 1.99. The van der Waals surface area contributed by atoms with Crippen molar-refractivity contribution in [1.82, 2.24) is 9.55 Å². The van der Waals surface area contributed by atoms with Crippen molar-refractivity contribution >= 4 is 15.2 Å². The van der Waals surface area contributed by atoms with E-state index in [1.165, 1.54) is 27.2 Å². The molecule has 1 saturated heterocycles. The van der Waals surface area contributed by atoms with Crippen LogP contribution in [-0.2, 0) is 23.1 Å². The molecule has 3 unspecified atom stereocenters. The molecule has 0 aromatic carbocycles. The fourth-order valence-electron chi connectivity index (χ4n) is 3.46. The van der Waals surface area contributed by atoms with E-state index in [2.05, 4.69) is 4.98 Å². The minimum atomic E-state index is -4.41. The van der Waals surface area contributed by atoms with Gasteiger partial charge >= 0.3 is 13.3 Å². The minimum Gasteiger partial charge on any atom is -0.778 e. The number of rotatable bonds is 7. The summed E-state index contributed by atoms with van der Waals surface area (Å²) in [5, 5.41) is 0. The number of methoxy groups -OCH3 is 1. The molecular weight excluding hydrogens is 430 g/mol. The highest BCUT2D eigenvalue weighted by molar-refractivity contribution is 7.53. The van der Waals surface area contributed by atoms with Crippen LogP contribution in [0.15, 0.2) is 21.9 Å². The highest BCUT2D eigenvalue weighted by atomic mass is 31.2. The Hall–Kier alpha value is -1.10. The molecule has 1 aliphatic heterocycles. The summed E-state index contributed by atoms with van der Waals surface area (Å²) in [6.07, 6.45) is -3.22. The molecule has 164 valence electrons. The Morgan fingerprint density at radius 1 is 1.31 bits per heavy atom. The van der Waals surface area contributed by atoms with E-state index in [9.17, 15) is 33.4 Å². The predicted molar refractivity (Wildman–Crippen MR) is 97.6 cm³/mol. The Morgan fingerprint density at radius 3 is 2.45 bits per heavy atom. The fourth-order valence-corrected chi connectivity index (χ4v) is 5.47. The molecule has 0 radical (unpaired) electrons. The molecule has 2 aliphatic rings. The number of aromatic nitrogens is 2. The quantitative estimate of drug-likeness (QED) is 0.450. The summed E-state index contributed by atoms with van der Waals surface area (Å²) in [5.41, 5.74) is -3.28. The van der Waals surface area contributed by atoms with Gasteiger partial charge in [0.05, 0.1) is 11.8 Å². The Morgan fingerprint density at radius 2 is 1.97 bits per heavy atom. The topological polar surface area (TPSA) is 180 Å². The van der Waals surface area contributed by atoms with Crippen molar-refractivity contribution in [2.24, 2.45) is 5.92 Å². The number of ether oxygens (including phenoxy) is 2. The molecule has 1 aromatic rings. The molecule has 0 bridgehead atoms. The summed E-state index contributed by atoms with van der Waals surface area (Å²) in [6, 6.07) is 1.09. The SMILES string of the molecule is CO[C@H]1[C@@H](OP(=O)([O-])C(C)C)[C@@H](C2CC2P(=O)(O)O)O[C@H]1n1ccc(=O)[nH]c1=O. The van der Waals surface area contributed by atoms with Crippen molar-refractivity contribution in [3.05, 3.63) is 33.1 Å². The molecule has 1 aromatic heterocycles. The highest BCUT2D eigenvalue weighted by Gasteiger charge is 2.61. The predicted octanol–water partition coefficient (Wildman–Crippen LogP) is -0.638. The van der Waals surface area contributed by atoms with E-state index in [4.69, 9.17) is 14.0 Å². The van der Waals surface area contributed by atoms with Crippen LogP contribution in [-0.4, -0.2) is 56.1 Å². The van der Waals surface area contributed by atoms with E-state index < -0.39 is 68.2 Å². The lowest BCUT2D eigenvalue weighted by atomic mass is 10.1. The Labute approximate surface area is 165 Å². The average Bonchev–Trinajstić information content (AvgIpc) is 3.32. The van der Waals surface area contributed by atoms with E-state index in [1.807, 2.05) is 0 Å². The van der Waals surface area contributed by atoms with Crippen LogP contribution in [0.5, 0.6) is 0 Å². The molecule has 1 aliphatic carbocycles. The maximum Gasteiger partial charge on any atom is 0.330 e. The van der Waals surface area contributed by atoms with Gasteiger partial charge in [0.15, 0.2) is 6.23 Å². The lowest BCUT2D eigenvalue weighted by molar-refractivity contribution is -0.209. The monoisotopic (exact) mass is 453 g/mol. The lowest BCUT2D eigenvalue weighted by Crippen LogP contribution is -2.40.